The standard InChI is InChI=1S/C25H24N2O6S3/c1-17-25(34-24(26-17)16-35(29,30)15-18-6-4-3-5-7-18)19-8-13-22(33-2)23(14-19)36(31,32)27-20-9-11-21(28)12-10-20/h3-14,27-28H,15-16H2,1-2H3. The van der Waals surface area contributed by atoms with Gasteiger partial charge < -0.3 is 9.84 Å². The monoisotopic (exact) mass is 544 g/mol. The number of hydrogen-bond acceptors (Lipinski definition) is 8. The Balaban J connectivity index is 1.63. The maximum absolute atomic E-state index is 13.2. The minimum Gasteiger partial charge on any atom is -0.508 e. The Morgan fingerprint density at radius 3 is 2.31 bits per heavy atom. The number of aromatic nitrogens is 1. The van der Waals surface area contributed by atoms with Gasteiger partial charge in [-0.15, -0.1) is 11.3 Å². The number of sulfonamides is 1. The Bertz CT molecular complexity index is 1580. The first-order chi connectivity index (χ1) is 17.1. The maximum atomic E-state index is 13.2. The van der Waals surface area contributed by atoms with Crippen molar-refractivity contribution in [1.29, 1.82) is 0 Å². The molecular weight excluding hydrogens is 520 g/mol. The highest BCUT2D eigenvalue weighted by molar-refractivity contribution is 7.92. The zero-order chi connectivity index (χ0) is 25.9. The summed E-state index contributed by atoms with van der Waals surface area (Å²) in [6.45, 7) is 1.76. The molecule has 0 unspecified atom stereocenters. The van der Waals surface area contributed by atoms with Gasteiger partial charge in [-0.1, -0.05) is 30.3 Å². The van der Waals surface area contributed by atoms with Crippen LogP contribution in [0.1, 0.15) is 16.3 Å². The molecule has 0 spiro atoms. The van der Waals surface area contributed by atoms with Gasteiger partial charge >= 0.3 is 0 Å². The van der Waals surface area contributed by atoms with Gasteiger partial charge in [-0.2, -0.15) is 0 Å². The third-order valence-electron chi connectivity index (χ3n) is 5.25. The summed E-state index contributed by atoms with van der Waals surface area (Å²) in [5.41, 5.74) is 2.16. The Morgan fingerprint density at radius 1 is 0.944 bits per heavy atom. The topological polar surface area (TPSA) is 123 Å². The lowest BCUT2D eigenvalue weighted by Gasteiger charge is -2.13. The van der Waals surface area contributed by atoms with E-state index < -0.39 is 19.9 Å². The van der Waals surface area contributed by atoms with Gasteiger partial charge in [0.25, 0.3) is 10.0 Å². The molecule has 2 N–H and O–H groups in total. The van der Waals surface area contributed by atoms with Crippen molar-refractivity contribution in [3.63, 3.8) is 0 Å². The summed E-state index contributed by atoms with van der Waals surface area (Å²) in [5.74, 6) is -0.134. The molecule has 0 aliphatic heterocycles. The summed E-state index contributed by atoms with van der Waals surface area (Å²) in [6, 6.07) is 19.3. The number of nitrogens with one attached hydrogen (secondary N) is 1. The van der Waals surface area contributed by atoms with Crippen molar-refractivity contribution in [2.75, 3.05) is 11.8 Å². The van der Waals surface area contributed by atoms with Crippen molar-refractivity contribution in [2.24, 2.45) is 0 Å². The van der Waals surface area contributed by atoms with E-state index in [0.29, 0.717) is 26.7 Å². The van der Waals surface area contributed by atoms with Crippen molar-refractivity contribution < 1.29 is 26.7 Å². The van der Waals surface area contributed by atoms with Crippen LogP contribution < -0.4 is 9.46 Å². The van der Waals surface area contributed by atoms with Crippen LogP contribution in [-0.2, 0) is 31.4 Å². The molecule has 1 heterocycles. The second-order valence-corrected chi connectivity index (χ2v) is 12.9. The summed E-state index contributed by atoms with van der Waals surface area (Å²) in [5, 5.41) is 9.88. The molecule has 1 aromatic heterocycles. The van der Waals surface area contributed by atoms with Crippen LogP contribution in [0, 0.1) is 6.92 Å². The van der Waals surface area contributed by atoms with Crippen molar-refractivity contribution in [2.45, 2.75) is 23.3 Å². The fourth-order valence-corrected chi connectivity index (χ4v) is 7.75. The minimum atomic E-state index is -4.04. The third-order valence-corrected chi connectivity index (χ3v) is 9.53. The van der Waals surface area contributed by atoms with E-state index >= 15 is 0 Å². The number of aryl methyl sites for hydroxylation is 1. The Hall–Kier alpha value is -3.41. The Kier molecular flexibility index (Phi) is 7.34. The van der Waals surface area contributed by atoms with E-state index in [1.54, 1.807) is 43.3 Å². The van der Waals surface area contributed by atoms with Gasteiger partial charge in [-0.25, -0.2) is 21.8 Å². The molecule has 188 valence electrons. The molecule has 0 aliphatic carbocycles. The van der Waals surface area contributed by atoms with Gasteiger partial charge in [-0.05, 0) is 60.5 Å². The fraction of sp³-hybridized carbons (Fsp3) is 0.160. The SMILES string of the molecule is COc1ccc(-c2sc(CS(=O)(=O)Cc3ccccc3)nc2C)cc1S(=O)(=O)Nc1ccc(O)cc1. The number of sulfone groups is 1. The van der Waals surface area contributed by atoms with Crippen molar-refractivity contribution in [3.05, 3.63) is 89.1 Å². The molecule has 3 aromatic carbocycles. The van der Waals surface area contributed by atoms with Crippen LogP contribution in [-0.4, -0.2) is 34.0 Å². The molecule has 11 heteroatoms. The maximum Gasteiger partial charge on any atom is 0.265 e. The van der Waals surface area contributed by atoms with Gasteiger partial charge in [0.2, 0.25) is 0 Å². The van der Waals surface area contributed by atoms with Gasteiger partial charge in [0, 0.05) is 5.69 Å². The summed E-state index contributed by atoms with van der Waals surface area (Å²) >= 11 is 1.21. The van der Waals surface area contributed by atoms with Crippen LogP contribution in [0.3, 0.4) is 0 Å². The molecule has 0 radical (unpaired) electrons. The lowest BCUT2D eigenvalue weighted by molar-refractivity contribution is 0.403. The van der Waals surface area contributed by atoms with E-state index in [9.17, 15) is 21.9 Å². The van der Waals surface area contributed by atoms with Gasteiger partial charge in [0.1, 0.15) is 27.2 Å². The molecule has 0 saturated carbocycles. The zero-order valence-corrected chi connectivity index (χ0v) is 22.0. The van der Waals surface area contributed by atoms with E-state index in [4.69, 9.17) is 4.74 Å². The summed E-state index contributed by atoms with van der Waals surface area (Å²) in [6.07, 6.45) is 0. The largest absolute Gasteiger partial charge is 0.508 e. The summed E-state index contributed by atoms with van der Waals surface area (Å²) in [7, 11) is -6.11. The van der Waals surface area contributed by atoms with Crippen LogP contribution in [0.4, 0.5) is 5.69 Å². The number of thiazole rings is 1. The second-order valence-electron chi connectivity index (χ2n) is 8.06. The van der Waals surface area contributed by atoms with E-state index in [-0.39, 0.29) is 33.6 Å². The predicted octanol–water partition coefficient (Wildman–Crippen LogP) is 4.75. The highest BCUT2D eigenvalue weighted by Gasteiger charge is 2.23. The third kappa shape index (κ3) is 6.04. The highest BCUT2D eigenvalue weighted by Crippen LogP contribution is 2.36. The molecule has 0 saturated heterocycles. The number of anilines is 1. The number of ether oxygens (including phenoxy) is 1. The molecule has 4 aromatic rings. The van der Waals surface area contributed by atoms with E-state index in [1.165, 1.54) is 48.8 Å². The zero-order valence-electron chi connectivity index (χ0n) is 19.5. The lowest BCUT2D eigenvalue weighted by Crippen LogP contribution is -2.14. The summed E-state index contributed by atoms with van der Waals surface area (Å²) < 4.78 is 59.6. The Morgan fingerprint density at radius 2 is 1.64 bits per heavy atom. The van der Waals surface area contributed by atoms with Crippen LogP contribution in [0.25, 0.3) is 10.4 Å². The average molecular weight is 545 g/mol. The fourth-order valence-electron chi connectivity index (χ4n) is 3.62. The summed E-state index contributed by atoms with van der Waals surface area (Å²) in [4.78, 5) is 5.03. The minimum absolute atomic E-state index is 0.0137. The number of phenols is 1. The Labute approximate surface area is 214 Å². The normalized spacial score (nSPS) is 11.8. The van der Waals surface area contributed by atoms with Crippen molar-refractivity contribution in [1.82, 2.24) is 4.98 Å². The van der Waals surface area contributed by atoms with E-state index in [1.807, 2.05) is 6.07 Å². The van der Waals surface area contributed by atoms with Crippen molar-refractivity contribution >= 4 is 36.9 Å². The first kappa shape index (κ1) is 25.7. The van der Waals surface area contributed by atoms with Gasteiger partial charge in [0.05, 0.1) is 23.4 Å². The molecule has 36 heavy (non-hydrogen) atoms. The van der Waals surface area contributed by atoms with Crippen LogP contribution in [0.2, 0.25) is 0 Å². The number of nitrogens with zero attached hydrogens (tertiary/aromatic N) is 1. The number of aromatic hydroxyl groups is 1. The van der Waals surface area contributed by atoms with Gasteiger partial charge in [-0.3, -0.25) is 4.72 Å². The van der Waals surface area contributed by atoms with Crippen molar-refractivity contribution in [3.8, 4) is 21.9 Å². The number of methoxy groups -OCH3 is 1. The number of benzene rings is 3. The molecule has 8 nitrogen and oxygen atoms in total. The highest BCUT2D eigenvalue weighted by atomic mass is 32.2. The van der Waals surface area contributed by atoms with Crippen LogP contribution >= 0.6 is 11.3 Å². The molecular formula is C25H24N2O6S3. The van der Waals surface area contributed by atoms with Crippen LogP contribution in [0.5, 0.6) is 11.5 Å². The van der Waals surface area contributed by atoms with E-state index in [0.717, 1.165) is 0 Å². The number of rotatable bonds is 9. The quantitative estimate of drug-likeness (QED) is 0.292. The molecule has 0 fully saturated rings. The number of hydrogen-bond donors (Lipinski definition) is 2. The van der Waals surface area contributed by atoms with E-state index in [2.05, 4.69) is 9.71 Å². The van der Waals surface area contributed by atoms with Crippen LogP contribution in [0.15, 0.2) is 77.7 Å². The average Bonchev–Trinajstić information content (AvgIpc) is 3.19. The first-order valence-electron chi connectivity index (χ1n) is 10.8. The molecule has 0 bridgehead atoms. The molecule has 0 atom stereocenters. The second kappa shape index (κ2) is 10.3. The smallest absolute Gasteiger partial charge is 0.265 e. The first-order valence-corrected chi connectivity index (χ1v) is 14.9. The number of phenolic OH excluding ortho intramolecular Hbond substituents is 1. The molecule has 4 rings (SSSR count). The molecule has 0 amide bonds. The lowest BCUT2D eigenvalue weighted by atomic mass is 10.1. The molecule has 0 aliphatic rings. The predicted molar refractivity (Wildman–Crippen MR) is 141 cm³/mol. The van der Waals surface area contributed by atoms with Gasteiger partial charge in [0.15, 0.2) is 9.84 Å².